The molecule has 88 valence electrons. The Bertz CT molecular complexity index is 491. The lowest BCUT2D eigenvalue weighted by Crippen LogP contribution is -2.14. The van der Waals surface area contributed by atoms with E-state index in [1.165, 1.54) is 11.1 Å². The van der Waals surface area contributed by atoms with Crippen LogP contribution in [0, 0.1) is 6.92 Å². The standard InChI is InChI=1S/C14H15NOS/c1-10-4-3-5-12(8-10)6-7-14-15-13(9-17-14)11(2)16/h3-8,13H,9H2,1-2H3/b7-6+/t13-/m1/s1. The number of ketones is 1. The molecule has 0 amide bonds. The zero-order valence-corrected chi connectivity index (χ0v) is 10.8. The number of hydrogen-bond donors (Lipinski definition) is 0. The number of carbonyl (C=O) groups is 1. The predicted molar refractivity (Wildman–Crippen MR) is 74.6 cm³/mol. The van der Waals surface area contributed by atoms with Crippen LogP contribution in [-0.4, -0.2) is 22.6 Å². The summed E-state index contributed by atoms with van der Waals surface area (Å²) in [5, 5.41) is 0.951. The minimum atomic E-state index is -0.142. The van der Waals surface area contributed by atoms with E-state index in [2.05, 4.69) is 30.1 Å². The van der Waals surface area contributed by atoms with Crippen molar-refractivity contribution in [2.75, 3.05) is 5.75 Å². The van der Waals surface area contributed by atoms with E-state index in [9.17, 15) is 4.79 Å². The van der Waals surface area contributed by atoms with E-state index in [4.69, 9.17) is 0 Å². The fourth-order valence-electron chi connectivity index (χ4n) is 1.63. The van der Waals surface area contributed by atoms with Crippen LogP contribution in [0.4, 0.5) is 0 Å². The Morgan fingerprint density at radius 3 is 2.94 bits per heavy atom. The van der Waals surface area contributed by atoms with Gasteiger partial charge in [-0.05, 0) is 25.5 Å². The normalized spacial score (nSPS) is 19.6. The topological polar surface area (TPSA) is 29.4 Å². The maximum atomic E-state index is 11.2. The minimum absolute atomic E-state index is 0.142. The van der Waals surface area contributed by atoms with E-state index in [1.807, 2.05) is 18.2 Å². The molecule has 17 heavy (non-hydrogen) atoms. The first-order chi connectivity index (χ1) is 8.15. The fourth-order valence-corrected chi connectivity index (χ4v) is 2.64. The zero-order chi connectivity index (χ0) is 12.3. The molecule has 1 atom stereocenters. The monoisotopic (exact) mass is 245 g/mol. The molecule has 2 rings (SSSR count). The summed E-state index contributed by atoms with van der Waals surface area (Å²) in [6.07, 6.45) is 4.03. The van der Waals surface area contributed by atoms with Crippen LogP contribution in [0.2, 0.25) is 0 Å². The second-order valence-corrected chi connectivity index (χ2v) is 5.19. The average molecular weight is 245 g/mol. The van der Waals surface area contributed by atoms with E-state index in [1.54, 1.807) is 18.7 Å². The maximum absolute atomic E-state index is 11.2. The van der Waals surface area contributed by atoms with Crippen LogP contribution in [-0.2, 0) is 4.79 Å². The van der Waals surface area contributed by atoms with Gasteiger partial charge in [0, 0.05) is 5.75 Å². The van der Waals surface area contributed by atoms with Gasteiger partial charge in [-0.2, -0.15) is 0 Å². The van der Waals surface area contributed by atoms with Crippen LogP contribution < -0.4 is 0 Å². The number of aryl methyl sites for hydroxylation is 1. The van der Waals surface area contributed by atoms with Gasteiger partial charge >= 0.3 is 0 Å². The lowest BCUT2D eigenvalue weighted by molar-refractivity contribution is -0.117. The molecule has 1 aromatic rings. The highest BCUT2D eigenvalue weighted by atomic mass is 32.2. The van der Waals surface area contributed by atoms with Crippen molar-refractivity contribution in [1.29, 1.82) is 0 Å². The molecule has 0 unspecified atom stereocenters. The molecular weight excluding hydrogens is 230 g/mol. The third kappa shape index (κ3) is 3.30. The Labute approximate surface area is 106 Å². The van der Waals surface area contributed by atoms with Crippen LogP contribution in [0.3, 0.4) is 0 Å². The van der Waals surface area contributed by atoms with Gasteiger partial charge in [0.25, 0.3) is 0 Å². The summed E-state index contributed by atoms with van der Waals surface area (Å²) in [5.41, 5.74) is 2.41. The van der Waals surface area contributed by atoms with Crippen LogP contribution in [0.25, 0.3) is 6.08 Å². The number of carbonyl (C=O) groups excluding carboxylic acids is 1. The molecule has 2 nitrogen and oxygen atoms in total. The van der Waals surface area contributed by atoms with E-state index in [0.29, 0.717) is 0 Å². The Hall–Kier alpha value is -1.35. The van der Waals surface area contributed by atoms with Crippen molar-refractivity contribution in [3.63, 3.8) is 0 Å². The summed E-state index contributed by atoms with van der Waals surface area (Å²) in [6.45, 7) is 3.67. The SMILES string of the molecule is CC(=O)[C@H]1CSC(/C=C/c2cccc(C)c2)=N1. The van der Waals surface area contributed by atoms with Crippen molar-refractivity contribution in [1.82, 2.24) is 0 Å². The predicted octanol–water partition coefficient (Wildman–Crippen LogP) is 3.11. The second-order valence-electron chi connectivity index (χ2n) is 4.15. The van der Waals surface area contributed by atoms with Gasteiger partial charge in [-0.15, -0.1) is 11.8 Å². The summed E-state index contributed by atoms with van der Waals surface area (Å²) in [6, 6.07) is 8.16. The highest BCUT2D eigenvalue weighted by Gasteiger charge is 2.19. The van der Waals surface area contributed by atoms with E-state index >= 15 is 0 Å². The molecule has 1 aliphatic rings. The molecule has 0 bridgehead atoms. The molecule has 0 saturated heterocycles. The third-order valence-electron chi connectivity index (χ3n) is 2.60. The number of aliphatic imine (C=N–C) groups is 1. The van der Waals surface area contributed by atoms with Gasteiger partial charge in [-0.1, -0.05) is 35.9 Å². The number of Topliss-reactive ketones (excluding diaryl/α,β-unsaturated/α-hetero) is 1. The first kappa shape index (κ1) is 12.1. The first-order valence-electron chi connectivity index (χ1n) is 5.61. The molecule has 1 aliphatic heterocycles. The van der Waals surface area contributed by atoms with Crippen LogP contribution in [0.5, 0.6) is 0 Å². The number of rotatable bonds is 3. The van der Waals surface area contributed by atoms with Crippen molar-refractivity contribution < 1.29 is 4.79 Å². The van der Waals surface area contributed by atoms with Crippen molar-refractivity contribution in [2.24, 2.45) is 4.99 Å². The molecular formula is C14H15NOS. The summed E-state index contributed by atoms with van der Waals surface area (Å²) in [7, 11) is 0. The molecule has 0 radical (unpaired) electrons. The van der Waals surface area contributed by atoms with Gasteiger partial charge in [0.15, 0.2) is 5.78 Å². The third-order valence-corrected chi connectivity index (χ3v) is 3.62. The molecule has 0 N–H and O–H groups in total. The van der Waals surface area contributed by atoms with Gasteiger partial charge in [-0.3, -0.25) is 9.79 Å². The molecule has 3 heteroatoms. The molecule has 0 aromatic heterocycles. The summed E-state index contributed by atoms with van der Waals surface area (Å²) >= 11 is 1.64. The summed E-state index contributed by atoms with van der Waals surface area (Å²) in [4.78, 5) is 15.5. The van der Waals surface area contributed by atoms with Crippen molar-refractivity contribution >= 4 is 28.7 Å². The molecule has 0 saturated carbocycles. The highest BCUT2D eigenvalue weighted by Crippen LogP contribution is 2.20. The van der Waals surface area contributed by atoms with Crippen LogP contribution in [0.1, 0.15) is 18.1 Å². The maximum Gasteiger partial charge on any atom is 0.155 e. The molecule has 0 aliphatic carbocycles. The van der Waals surface area contributed by atoms with E-state index < -0.39 is 0 Å². The van der Waals surface area contributed by atoms with E-state index in [-0.39, 0.29) is 11.8 Å². The second kappa shape index (κ2) is 5.32. The van der Waals surface area contributed by atoms with Gasteiger partial charge in [0.1, 0.15) is 6.04 Å². The lowest BCUT2D eigenvalue weighted by Gasteiger charge is -1.95. The summed E-state index contributed by atoms with van der Waals surface area (Å²) in [5.74, 6) is 0.930. The summed E-state index contributed by atoms with van der Waals surface area (Å²) < 4.78 is 0. The lowest BCUT2D eigenvalue weighted by atomic mass is 10.1. The van der Waals surface area contributed by atoms with Crippen molar-refractivity contribution in [3.8, 4) is 0 Å². The largest absolute Gasteiger partial charge is 0.298 e. The fraction of sp³-hybridized carbons (Fsp3) is 0.286. The Kier molecular flexibility index (Phi) is 3.79. The van der Waals surface area contributed by atoms with Crippen LogP contribution in [0.15, 0.2) is 35.3 Å². The molecule has 1 heterocycles. The van der Waals surface area contributed by atoms with Crippen molar-refractivity contribution in [3.05, 3.63) is 41.5 Å². The quantitative estimate of drug-likeness (QED) is 0.819. The van der Waals surface area contributed by atoms with Crippen LogP contribution >= 0.6 is 11.8 Å². The van der Waals surface area contributed by atoms with Crippen molar-refractivity contribution in [2.45, 2.75) is 19.9 Å². The number of nitrogens with zero attached hydrogens (tertiary/aromatic N) is 1. The number of benzene rings is 1. The highest BCUT2D eigenvalue weighted by molar-refractivity contribution is 8.14. The minimum Gasteiger partial charge on any atom is -0.298 e. The van der Waals surface area contributed by atoms with Gasteiger partial charge < -0.3 is 0 Å². The van der Waals surface area contributed by atoms with E-state index in [0.717, 1.165) is 10.8 Å². The molecule has 0 fully saturated rings. The average Bonchev–Trinajstić information content (AvgIpc) is 2.75. The number of thioether (sulfide) groups is 1. The smallest absolute Gasteiger partial charge is 0.155 e. The Morgan fingerprint density at radius 2 is 2.29 bits per heavy atom. The Morgan fingerprint density at radius 1 is 1.47 bits per heavy atom. The van der Waals surface area contributed by atoms with Gasteiger partial charge in [-0.25, -0.2) is 0 Å². The number of hydrogen-bond acceptors (Lipinski definition) is 3. The Balaban J connectivity index is 2.07. The molecule has 1 aromatic carbocycles. The molecule has 0 spiro atoms. The van der Waals surface area contributed by atoms with Gasteiger partial charge in [0.2, 0.25) is 0 Å². The van der Waals surface area contributed by atoms with Gasteiger partial charge in [0.05, 0.1) is 5.04 Å². The first-order valence-corrected chi connectivity index (χ1v) is 6.59. The zero-order valence-electron chi connectivity index (χ0n) is 10.0.